The molecular formula is C23H25N3O5. The lowest BCUT2D eigenvalue weighted by atomic mass is 10.0. The second kappa shape index (κ2) is 9.34. The third-order valence-corrected chi connectivity index (χ3v) is 5.12. The summed E-state index contributed by atoms with van der Waals surface area (Å²) in [7, 11) is 3.34. The third-order valence-electron chi connectivity index (χ3n) is 5.12. The van der Waals surface area contributed by atoms with Gasteiger partial charge in [0.25, 0.3) is 5.91 Å². The van der Waals surface area contributed by atoms with Crippen LogP contribution in [0.25, 0.3) is 10.9 Å². The zero-order valence-electron chi connectivity index (χ0n) is 17.6. The molecule has 162 valence electrons. The zero-order valence-corrected chi connectivity index (χ0v) is 17.6. The number of aliphatic carboxylic acids is 1. The van der Waals surface area contributed by atoms with Crippen LogP contribution >= 0.6 is 0 Å². The number of carbonyl (C=O) groups excluding carboxylic acids is 2. The van der Waals surface area contributed by atoms with Gasteiger partial charge >= 0.3 is 5.97 Å². The number of ether oxygens (including phenoxy) is 1. The number of rotatable bonds is 8. The molecule has 0 aliphatic rings. The van der Waals surface area contributed by atoms with Crippen LogP contribution in [0.15, 0.2) is 54.6 Å². The van der Waals surface area contributed by atoms with Gasteiger partial charge in [0, 0.05) is 24.4 Å². The summed E-state index contributed by atoms with van der Waals surface area (Å²) < 4.78 is 6.98. The number of methoxy groups -OCH3 is 1. The van der Waals surface area contributed by atoms with Gasteiger partial charge in [-0.25, -0.2) is 0 Å². The average molecular weight is 423 g/mol. The van der Waals surface area contributed by atoms with Crippen molar-refractivity contribution in [3.05, 3.63) is 65.9 Å². The molecule has 0 bridgehead atoms. The van der Waals surface area contributed by atoms with Crippen LogP contribution in [0.5, 0.6) is 5.75 Å². The smallest absolute Gasteiger partial charge is 0.325 e. The lowest BCUT2D eigenvalue weighted by molar-refractivity contribution is -0.141. The van der Waals surface area contributed by atoms with Gasteiger partial charge in [-0.15, -0.1) is 0 Å². The Morgan fingerprint density at radius 3 is 2.42 bits per heavy atom. The molecule has 8 heteroatoms. The van der Waals surface area contributed by atoms with Crippen LogP contribution in [-0.2, 0) is 23.1 Å². The number of aromatic nitrogens is 1. The Morgan fingerprint density at radius 2 is 1.77 bits per heavy atom. The van der Waals surface area contributed by atoms with Gasteiger partial charge in [0.2, 0.25) is 5.91 Å². The Bertz CT molecular complexity index is 1110. The van der Waals surface area contributed by atoms with Crippen molar-refractivity contribution in [2.45, 2.75) is 25.4 Å². The minimum absolute atomic E-state index is 0.225. The van der Waals surface area contributed by atoms with E-state index < -0.39 is 29.9 Å². The number of hydrogen-bond acceptors (Lipinski definition) is 4. The fraction of sp³-hybridized carbons (Fsp3) is 0.261. The van der Waals surface area contributed by atoms with Crippen molar-refractivity contribution in [2.24, 2.45) is 7.05 Å². The molecule has 0 saturated heterocycles. The normalized spacial score (nSPS) is 12.7. The van der Waals surface area contributed by atoms with E-state index in [0.29, 0.717) is 11.4 Å². The largest absolute Gasteiger partial charge is 0.497 e. The molecular weight excluding hydrogens is 398 g/mol. The van der Waals surface area contributed by atoms with Gasteiger partial charge in [0.05, 0.1) is 7.11 Å². The summed E-state index contributed by atoms with van der Waals surface area (Å²) in [4.78, 5) is 37.0. The molecule has 0 saturated carbocycles. The lowest BCUT2D eigenvalue weighted by Crippen LogP contribution is -2.51. The highest BCUT2D eigenvalue weighted by Gasteiger charge is 2.26. The van der Waals surface area contributed by atoms with Gasteiger partial charge in [0.15, 0.2) is 0 Å². The second-order valence-corrected chi connectivity index (χ2v) is 7.30. The molecule has 0 aliphatic carbocycles. The van der Waals surface area contributed by atoms with Crippen molar-refractivity contribution < 1.29 is 24.2 Å². The van der Waals surface area contributed by atoms with Gasteiger partial charge in [-0.3, -0.25) is 14.4 Å². The van der Waals surface area contributed by atoms with E-state index in [-0.39, 0.29) is 6.42 Å². The molecule has 0 unspecified atom stereocenters. The van der Waals surface area contributed by atoms with E-state index >= 15 is 0 Å². The number of amides is 2. The number of nitrogens with zero attached hydrogens (tertiary/aromatic N) is 1. The van der Waals surface area contributed by atoms with E-state index in [4.69, 9.17) is 9.84 Å². The van der Waals surface area contributed by atoms with Crippen molar-refractivity contribution >= 4 is 28.7 Å². The molecule has 0 radical (unpaired) electrons. The standard InChI is InChI=1S/C23H25N3O5/c1-14(23(29)30)24-21(27)18(11-15-7-5-4-6-8-15)25-22(28)20-13-16-12-17(31-3)9-10-19(16)26(20)2/h4-10,12-14,18H,11H2,1-3H3,(H,24,27)(H,25,28)(H,29,30)/t14-,18-/m0/s1. The Morgan fingerprint density at radius 1 is 1.06 bits per heavy atom. The Labute approximate surface area is 179 Å². The zero-order chi connectivity index (χ0) is 22.5. The highest BCUT2D eigenvalue weighted by molar-refractivity contribution is 6.01. The predicted octanol–water partition coefficient (Wildman–Crippen LogP) is 2.12. The van der Waals surface area contributed by atoms with Crippen LogP contribution in [0.4, 0.5) is 0 Å². The molecule has 3 aromatic rings. The van der Waals surface area contributed by atoms with Crippen molar-refractivity contribution in [3.8, 4) is 5.75 Å². The molecule has 31 heavy (non-hydrogen) atoms. The quantitative estimate of drug-likeness (QED) is 0.514. The van der Waals surface area contributed by atoms with Gasteiger partial charge in [0.1, 0.15) is 23.5 Å². The van der Waals surface area contributed by atoms with E-state index in [0.717, 1.165) is 16.5 Å². The van der Waals surface area contributed by atoms with Gasteiger partial charge in [-0.05, 0) is 36.8 Å². The fourth-order valence-corrected chi connectivity index (χ4v) is 3.34. The molecule has 3 N–H and O–H groups in total. The van der Waals surface area contributed by atoms with Crippen molar-refractivity contribution in [2.75, 3.05) is 7.11 Å². The highest BCUT2D eigenvalue weighted by atomic mass is 16.5. The molecule has 0 aliphatic heterocycles. The minimum Gasteiger partial charge on any atom is -0.497 e. The Hall–Kier alpha value is -3.81. The van der Waals surface area contributed by atoms with Gasteiger partial charge in [-0.2, -0.15) is 0 Å². The summed E-state index contributed by atoms with van der Waals surface area (Å²) in [6.45, 7) is 1.37. The number of hydrogen-bond donors (Lipinski definition) is 3. The van der Waals surface area contributed by atoms with Gasteiger partial charge < -0.3 is 25.0 Å². The molecule has 1 heterocycles. The summed E-state index contributed by atoms with van der Waals surface area (Å²) >= 11 is 0. The van der Waals surface area contributed by atoms with E-state index in [1.165, 1.54) is 6.92 Å². The number of carboxylic acids is 1. The first-order chi connectivity index (χ1) is 14.8. The van der Waals surface area contributed by atoms with Gasteiger partial charge in [-0.1, -0.05) is 30.3 Å². The number of fused-ring (bicyclic) bond motifs is 1. The Balaban J connectivity index is 1.86. The number of aryl methyl sites for hydroxylation is 1. The molecule has 2 aromatic carbocycles. The maximum absolute atomic E-state index is 13.1. The summed E-state index contributed by atoms with van der Waals surface area (Å²) in [6, 6.07) is 14.4. The maximum atomic E-state index is 13.1. The SMILES string of the molecule is COc1ccc2c(c1)cc(C(=O)N[C@@H](Cc1ccccc1)C(=O)N[C@@H](C)C(=O)O)n2C. The van der Waals surface area contributed by atoms with Crippen LogP contribution < -0.4 is 15.4 Å². The molecule has 8 nitrogen and oxygen atoms in total. The number of benzene rings is 2. The highest BCUT2D eigenvalue weighted by Crippen LogP contribution is 2.24. The van der Waals surface area contributed by atoms with E-state index in [9.17, 15) is 14.4 Å². The van der Waals surface area contributed by atoms with Crippen molar-refractivity contribution in [1.82, 2.24) is 15.2 Å². The predicted molar refractivity (Wildman–Crippen MR) is 116 cm³/mol. The lowest BCUT2D eigenvalue weighted by Gasteiger charge is -2.20. The first kappa shape index (κ1) is 21.9. The monoisotopic (exact) mass is 423 g/mol. The fourth-order valence-electron chi connectivity index (χ4n) is 3.34. The van der Waals surface area contributed by atoms with Crippen LogP contribution in [0.1, 0.15) is 23.0 Å². The molecule has 0 fully saturated rings. The van der Waals surface area contributed by atoms with Crippen molar-refractivity contribution in [3.63, 3.8) is 0 Å². The summed E-state index contributed by atoms with van der Waals surface area (Å²) in [5.41, 5.74) is 2.06. The minimum atomic E-state index is -1.15. The molecule has 2 atom stereocenters. The summed E-state index contributed by atoms with van der Waals surface area (Å²) in [5, 5.41) is 15.1. The number of nitrogens with one attached hydrogen (secondary N) is 2. The van der Waals surface area contributed by atoms with Crippen LogP contribution in [0.3, 0.4) is 0 Å². The first-order valence-electron chi connectivity index (χ1n) is 9.81. The van der Waals surface area contributed by atoms with Crippen LogP contribution in [-0.4, -0.2) is 46.7 Å². The number of carboxylic acid groups (broad SMARTS) is 1. The first-order valence-corrected chi connectivity index (χ1v) is 9.81. The second-order valence-electron chi connectivity index (χ2n) is 7.30. The topological polar surface area (TPSA) is 110 Å². The summed E-state index contributed by atoms with van der Waals surface area (Å²) in [5.74, 6) is -1.47. The van der Waals surface area contributed by atoms with E-state index in [2.05, 4.69) is 10.6 Å². The molecule has 1 aromatic heterocycles. The molecule has 3 rings (SSSR count). The molecule has 2 amide bonds. The summed E-state index contributed by atoms with van der Waals surface area (Å²) in [6.07, 6.45) is 0.225. The van der Waals surface area contributed by atoms with Crippen LogP contribution in [0, 0.1) is 0 Å². The van der Waals surface area contributed by atoms with E-state index in [1.54, 1.807) is 24.8 Å². The van der Waals surface area contributed by atoms with Crippen LogP contribution in [0.2, 0.25) is 0 Å². The Kier molecular flexibility index (Phi) is 6.59. The van der Waals surface area contributed by atoms with Crippen molar-refractivity contribution in [1.29, 1.82) is 0 Å². The average Bonchev–Trinajstić information content (AvgIpc) is 3.09. The third kappa shape index (κ3) is 5.03. The number of carbonyl (C=O) groups is 3. The maximum Gasteiger partial charge on any atom is 0.325 e. The van der Waals surface area contributed by atoms with E-state index in [1.807, 2.05) is 48.5 Å². The molecule has 0 spiro atoms.